The molecule has 0 unspecified atom stereocenters. The molecule has 11 rings (SSSR count). The Morgan fingerprint density at radius 3 is 1.78 bits per heavy atom. The van der Waals surface area contributed by atoms with Crippen molar-refractivity contribution in [3.63, 3.8) is 0 Å². The highest BCUT2D eigenvalue weighted by atomic mass is 16.5. The summed E-state index contributed by atoms with van der Waals surface area (Å²) in [7, 11) is 0. The predicted octanol–water partition coefficient (Wildman–Crippen LogP) is 11.4. The first-order chi connectivity index (χ1) is 25.1. The van der Waals surface area contributed by atoms with Crippen LogP contribution in [0.4, 0.5) is 0 Å². The quantitative estimate of drug-likeness (QED) is 0.178. The van der Waals surface area contributed by atoms with Crippen LogP contribution in [0.5, 0.6) is 11.5 Å². The third-order valence-corrected chi connectivity index (χ3v) is 10.5. The molecule has 0 aliphatic carbocycles. The zero-order valence-electron chi connectivity index (χ0n) is 27.9. The van der Waals surface area contributed by atoms with Crippen LogP contribution < -0.4 is 4.74 Å². The zero-order valence-corrected chi connectivity index (χ0v) is 27.9. The average Bonchev–Trinajstić information content (AvgIpc) is 3.75. The van der Waals surface area contributed by atoms with Crippen molar-refractivity contribution < 1.29 is 4.74 Å². The van der Waals surface area contributed by atoms with Gasteiger partial charge in [0, 0.05) is 27.7 Å². The van der Waals surface area contributed by atoms with Gasteiger partial charge in [0.15, 0.2) is 0 Å². The zero-order chi connectivity index (χ0) is 33.8. The summed E-state index contributed by atoms with van der Waals surface area (Å²) < 4.78 is 11.2. The van der Waals surface area contributed by atoms with E-state index in [-0.39, 0.29) is 0 Å². The highest BCUT2D eigenvalue weighted by Crippen LogP contribution is 2.42. The van der Waals surface area contributed by atoms with Crippen molar-refractivity contribution in [2.75, 3.05) is 0 Å². The Labute approximate surface area is 291 Å². The molecule has 0 saturated heterocycles. The number of pyridine rings is 3. The molecule has 0 radical (unpaired) electrons. The van der Waals surface area contributed by atoms with Gasteiger partial charge in [0.25, 0.3) is 0 Å². The summed E-state index contributed by atoms with van der Waals surface area (Å²) >= 11 is 0. The Hall–Kier alpha value is -6.79. The van der Waals surface area contributed by atoms with Gasteiger partial charge < -0.3 is 4.74 Å². The number of aromatic nitrogens is 5. The highest BCUT2D eigenvalue weighted by molar-refractivity contribution is 6.19. The summed E-state index contributed by atoms with van der Waals surface area (Å²) in [5.74, 6) is 1.49. The van der Waals surface area contributed by atoms with Crippen molar-refractivity contribution in [2.24, 2.45) is 0 Å². The lowest BCUT2D eigenvalue weighted by molar-refractivity contribution is 0.484. The number of hydrogen-bond acceptors (Lipinski definition) is 4. The van der Waals surface area contributed by atoms with Crippen LogP contribution >= 0.6 is 0 Å². The molecule has 240 valence electrons. The van der Waals surface area contributed by atoms with Gasteiger partial charge in [-0.3, -0.25) is 13.8 Å². The Morgan fingerprint density at radius 2 is 1.08 bits per heavy atom. The van der Waals surface area contributed by atoms with E-state index in [4.69, 9.17) is 14.7 Å². The second kappa shape index (κ2) is 10.4. The predicted molar refractivity (Wildman–Crippen MR) is 208 cm³/mol. The van der Waals surface area contributed by atoms with Crippen molar-refractivity contribution in [3.05, 3.63) is 151 Å². The number of imidazole rings is 2. The van der Waals surface area contributed by atoms with Gasteiger partial charge in [0.05, 0.1) is 39.3 Å². The molecule has 0 spiro atoms. The van der Waals surface area contributed by atoms with Gasteiger partial charge in [-0.05, 0) is 120 Å². The van der Waals surface area contributed by atoms with Crippen LogP contribution in [0.25, 0.3) is 87.8 Å². The van der Waals surface area contributed by atoms with Crippen molar-refractivity contribution in [3.8, 4) is 22.6 Å². The largest absolute Gasteiger partial charge is 0.457 e. The smallest absolute Gasteiger partial charge is 0.146 e. The Kier molecular flexibility index (Phi) is 5.71. The summed E-state index contributed by atoms with van der Waals surface area (Å²) in [5.41, 5.74) is 13.0. The minimum absolute atomic E-state index is 0.741. The van der Waals surface area contributed by atoms with Crippen LogP contribution in [0, 0.1) is 13.8 Å². The number of nitrogens with zero attached hydrogens (tertiary/aromatic N) is 5. The van der Waals surface area contributed by atoms with E-state index in [9.17, 15) is 0 Å². The van der Waals surface area contributed by atoms with Gasteiger partial charge in [-0.15, -0.1) is 0 Å². The lowest BCUT2D eigenvalue weighted by Gasteiger charge is -2.17. The van der Waals surface area contributed by atoms with Crippen molar-refractivity contribution in [2.45, 2.75) is 13.8 Å². The van der Waals surface area contributed by atoms with Crippen molar-refractivity contribution >= 4 is 76.7 Å². The normalized spacial score (nSPS) is 12.1. The molecule has 11 aromatic rings. The standard InChI is InChI=1S/C45H29N5O/c1-26-9-7-10-27(2)42(26)33-11-8-16-40-43(33)32-20-18-29(24-35(32)45-48-36-12-3-5-14-38(36)49(40)45)51-28-17-19-30-31-21-22-46-25-41(31)50-39-15-6-4-13-37(39)47-44(50)34(30)23-28/h3-25H,1-2H3. The van der Waals surface area contributed by atoms with Gasteiger partial charge in [0.1, 0.15) is 22.8 Å². The van der Waals surface area contributed by atoms with E-state index in [0.717, 1.165) is 82.8 Å². The third-order valence-electron chi connectivity index (χ3n) is 10.5. The first-order valence-electron chi connectivity index (χ1n) is 17.2. The summed E-state index contributed by atoms with van der Waals surface area (Å²) in [4.78, 5) is 14.7. The molecule has 0 aliphatic rings. The molecular formula is C45H29N5O. The molecule has 6 nitrogen and oxygen atoms in total. The van der Waals surface area contributed by atoms with E-state index in [1.807, 2.05) is 24.5 Å². The molecule has 0 atom stereocenters. The molecule has 51 heavy (non-hydrogen) atoms. The summed E-state index contributed by atoms with van der Waals surface area (Å²) in [6, 6.07) is 44.6. The van der Waals surface area contributed by atoms with E-state index < -0.39 is 0 Å². The van der Waals surface area contributed by atoms with Crippen molar-refractivity contribution in [1.82, 2.24) is 23.8 Å². The van der Waals surface area contributed by atoms with Crippen LogP contribution in [-0.2, 0) is 0 Å². The van der Waals surface area contributed by atoms with Gasteiger partial charge in [-0.1, -0.05) is 54.6 Å². The molecule has 6 heteroatoms. The fourth-order valence-corrected chi connectivity index (χ4v) is 8.28. The van der Waals surface area contributed by atoms with Crippen molar-refractivity contribution in [1.29, 1.82) is 0 Å². The summed E-state index contributed by atoms with van der Waals surface area (Å²) in [5, 5.41) is 6.63. The number of aryl methyl sites for hydroxylation is 2. The Bertz CT molecular complexity index is 3240. The van der Waals surface area contributed by atoms with E-state index in [1.54, 1.807) is 0 Å². The van der Waals surface area contributed by atoms with Crippen LogP contribution in [-0.4, -0.2) is 23.8 Å². The number of rotatable bonds is 3. The number of para-hydroxylation sites is 4. The Morgan fingerprint density at radius 1 is 0.490 bits per heavy atom. The van der Waals surface area contributed by atoms with Gasteiger partial charge in [-0.25, -0.2) is 9.97 Å². The van der Waals surface area contributed by atoms with E-state index >= 15 is 0 Å². The molecule has 6 aromatic carbocycles. The second-order valence-corrected chi connectivity index (χ2v) is 13.4. The molecule has 0 saturated carbocycles. The Balaban J connectivity index is 1.16. The third kappa shape index (κ3) is 3.96. The topological polar surface area (TPSA) is 56.7 Å². The minimum atomic E-state index is 0.741. The fourth-order valence-electron chi connectivity index (χ4n) is 8.28. The number of ether oxygens (including phenoxy) is 1. The lowest BCUT2D eigenvalue weighted by atomic mass is 9.91. The monoisotopic (exact) mass is 655 g/mol. The number of fused-ring (bicyclic) bond motifs is 16. The van der Waals surface area contributed by atoms with Crippen LogP contribution in [0.1, 0.15) is 11.1 Å². The molecular weight excluding hydrogens is 627 g/mol. The molecule has 5 heterocycles. The summed E-state index contributed by atoms with van der Waals surface area (Å²) in [6.45, 7) is 4.40. The summed E-state index contributed by atoms with van der Waals surface area (Å²) in [6.07, 6.45) is 3.77. The highest BCUT2D eigenvalue weighted by Gasteiger charge is 2.19. The van der Waals surface area contributed by atoms with Crippen LogP contribution in [0.2, 0.25) is 0 Å². The molecule has 5 aromatic heterocycles. The SMILES string of the molecule is Cc1cccc(C)c1-c1cccc2c1c1ccc(Oc3ccc4c5ccncc5n5c6ccccc6nc5c4c3)cc1c1nc3ccccc3n21. The average molecular weight is 656 g/mol. The van der Waals surface area contributed by atoms with E-state index in [0.29, 0.717) is 0 Å². The molecule has 0 N–H and O–H groups in total. The first kappa shape index (κ1) is 28.1. The first-order valence-corrected chi connectivity index (χ1v) is 17.2. The van der Waals surface area contributed by atoms with Gasteiger partial charge in [0.2, 0.25) is 0 Å². The van der Waals surface area contributed by atoms with Gasteiger partial charge >= 0.3 is 0 Å². The number of benzene rings is 6. The fraction of sp³-hybridized carbons (Fsp3) is 0.0444. The number of hydrogen-bond donors (Lipinski definition) is 0. The van der Waals surface area contributed by atoms with E-state index in [1.165, 1.54) is 27.6 Å². The molecule has 0 aliphatic heterocycles. The minimum Gasteiger partial charge on any atom is -0.457 e. The maximum absolute atomic E-state index is 6.73. The van der Waals surface area contributed by atoms with Crippen LogP contribution in [0.3, 0.4) is 0 Å². The maximum atomic E-state index is 6.73. The molecule has 0 bridgehead atoms. The van der Waals surface area contributed by atoms with Crippen LogP contribution in [0.15, 0.2) is 140 Å². The molecule has 0 amide bonds. The molecule has 0 fully saturated rings. The van der Waals surface area contributed by atoms with E-state index in [2.05, 4.69) is 143 Å². The van der Waals surface area contributed by atoms with Gasteiger partial charge in [-0.2, -0.15) is 0 Å². The second-order valence-electron chi connectivity index (χ2n) is 13.4. The lowest BCUT2D eigenvalue weighted by Crippen LogP contribution is -1.96. The maximum Gasteiger partial charge on any atom is 0.146 e.